The minimum atomic E-state index is 0.0909. The second-order valence-electron chi connectivity index (χ2n) is 5.04. The lowest BCUT2D eigenvalue weighted by atomic mass is 9.96. The fraction of sp³-hybridized carbons (Fsp3) is 0.750. The smallest absolute Gasteiger partial charge is 0.275 e. The Bertz CT molecular complexity index is 386. The number of hydrogen-bond acceptors (Lipinski definition) is 4. The van der Waals surface area contributed by atoms with Crippen LogP contribution in [-0.4, -0.2) is 33.0 Å². The highest BCUT2D eigenvalue weighted by Crippen LogP contribution is 2.35. The van der Waals surface area contributed by atoms with Gasteiger partial charge in [-0.3, -0.25) is 4.79 Å². The summed E-state index contributed by atoms with van der Waals surface area (Å²) in [6.07, 6.45) is 7.58. The average Bonchev–Trinajstić information content (AvgIpc) is 3.09. The van der Waals surface area contributed by atoms with E-state index in [1.807, 2.05) is 4.90 Å². The van der Waals surface area contributed by atoms with E-state index >= 15 is 0 Å². The molecule has 1 unspecified atom stereocenters. The van der Waals surface area contributed by atoms with Gasteiger partial charge in [0.2, 0.25) is 0 Å². The number of carbonyl (C=O) groups excluding carboxylic acids is 1. The third-order valence-corrected chi connectivity index (χ3v) is 4.59. The van der Waals surface area contributed by atoms with Crippen LogP contribution in [0.25, 0.3) is 0 Å². The van der Waals surface area contributed by atoms with Gasteiger partial charge in [-0.25, -0.2) is 0 Å². The molecule has 1 aromatic rings. The Morgan fingerprint density at radius 3 is 2.82 bits per heavy atom. The number of rotatable bonds is 2. The molecule has 17 heavy (non-hydrogen) atoms. The number of likely N-dealkylation sites (tertiary alicyclic amines) is 1. The van der Waals surface area contributed by atoms with E-state index in [0.29, 0.717) is 11.7 Å². The summed E-state index contributed by atoms with van der Waals surface area (Å²) >= 11 is 1.25. The molecular formula is C12H17N3OS. The van der Waals surface area contributed by atoms with Gasteiger partial charge in [0.1, 0.15) is 0 Å². The lowest BCUT2D eigenvalue weighted by Crippen LogP contribution is -2.39. The van der Waals surface area contributed by atoms with Crippen LogP contribution in [0.3, 0.4) is 0 Å². The van der Waals surface area contributed by atoms with Gasteiger partial charge in [0.25, 0.3) is 5.91 Å². The zero-order valence-corrected chi connectivity index (χ0v) is 10.7. The molecule has 0 radical (unpaired) electrons. The predicted octanol–water partition coefficient (Wildman–Crippen LogP) is 2.33. The van der Waals surface area contributed by atoms with Crippen LogP contribution in [-0.2, 0) is 0 Å². The highest BCUT2D eigenvalue weighted by Gasteiger charge is 2.36. The van der Waals surface area contributed by atoms with Crippen molar-refractivity contribution in [2.45, 2.75) is 44.6 Å². The van der Waals surface area contributed by atoms with Crippen LogP contribution in [0.15, 0.2) is 5.38 Å². The largest absolute Gasteiger partial charge is 0.334 e. The number of nitrogens with zero attached hydrogens (tertiary/aromatic N) is 3. The molecule has 0 bridgehead atoms. The highest BCUT2D eigenvalue weighted by atomic mass is 32.1. The second kappa shape index (κ2) is 4.72. The number of hydrogen-bond donors (Lipinski definition) is 0. The van der Waals surface area contributed by atoms with Crippen molar-refractivity contribution >= 4 is 17.4 Å². The van der Waals surface area contributed by atoms with Crippen LogP contribution in [0, 0.1) is 5.92 Å². The normalized spacial score (nSPS) is 25.6. The quantitative estimate of drug-likeness (QED) is 0.810. The summed E-state index contributed by atoms with van der Waals surface area (Å²) in [5.41, 5.74) is 0.528. The maximum absolute atomic E-state index is 12.3. The Balaban J connectivity index is 1.75. The monoisotopic (exact) mass is 251 g/mol. The fourth-order valence-corrected chi connectivity index (χ4v) is 3.71. The van der Waals surface area contributed by atoms with E-state index < -0.39 is 0 Å². The first-order chi connectivity index (χ1) is 8.36. The zero-order chi connectivity index (χ0) is 11.7. The molecular weight excluding hydrogens is 234 g/mol. The number of amides is 1. The van der Waals surface area contributed by atoms with Crippen molar-refractivity contribution in [1.29, 1.82) is 0 Å². The van der Waals surface area contributed by atoms with Gasteiger partial charge in [-0.05, 0) is 43.1 Å². The molecule has 1 amide bonds. The number of carbonyl (C=O) groups is 1. The molecule has 1 aromatic heterocycles. The van der Waals surface area contributed by atoms with E-state index in [1.54, 1.807) is 5.38 Å². The molecule has 1 aliphatic heterocycles. The van der Waals surface area contributed by atoms with E-state index in [1.165, 1.54) is 43.6 Å². The molecule has 0 N–H and O–H groups in total. The summed E-state index contributed by atoms with van der Waals surface area (Å²) in [7, 11) is 0. The zero-order valence-electron chi connectivity index (χ0n) is 9.84. The van der Waals surface area contributed by atoms with Gasteiger partial charge in [-0.15, -0.1) is 5.10 Å². The first-order valence-electron chi connectivity index (χ1n) is 6.44. The molecule has 1 saturated carbocycles. The van der Waals surface area contributed by atoms with Gasteiger partial charge in [0.15, 0.2) is 5.69 Å². The maximum atomic E-state index is 12.3. The predicted molar refractivity (Wildman–Crippen MR) is 65.9 cm³/mol. The van der Waals surface area contributed by atoms with Gasteiger partial charge in [0, 0.05) is 18.0 Å². The van der Waals surface area contributed by atoms with Crippen LogP contribution in [0.4, 0.5) is 0 Å². The Morgan fingerprint density at radius 1 is 1.29 bits per heavy atom. The highest BCUT2D eigenvalue weighted by molar-refractivity contribution is 7.03. The van der Waals surface area contributed by atoms with Gasteiger partial charge in [-0.1, -0.05) is 17.3 Å². The van der Waals surface area contributed by atoms with Crippen molar-refractivity contribution < 1.29 is 4.79 Å². The Morgan fingerprint density at radius 2 is 2.12 bits per heavy atom. The number of aromatic nitrogens is 2. The summed E-state index contributed by atoms with van der Waals surface area (Å²) in [4.78, 5) is 14.4. The van der Waals surface area contributed by atoms with E-state index in [0.717, 1.165) is 18.9 Å². The van der Waals surface area contributed by atoms with E-state index in [-0.39, 0.29) is 5.91 Å². The lowest BCUT2D eigenvalue weighted by molar-refractivity contribution is 0.0683. The van der Waals surface area contributed by atoms with Gasteiger partial charge >= 0.3 is 0 Å². The molecule has 5 heteroatoms. The van der Waals surface area contributed by atoms with Crippen LogP contribution < -0.4 is 0 Å². The summed E-state index contributed by atoms with van der Waals surface area (Å²) in [6, 6.07) is 0.465. The summed E-state index contributed by atoms with van der Waals surface area (Å²) in [5.74, 6) is 0.821. The lowest BCUT2D eigenvalue weighted by Gasteiger charge is -2.28. The second-order valence-corrected chi connectivity index (χ2v) is 5.65. The molecule has 1 atom stereocenters. The van der Waals surface area contributed by atoms with Crippen LogP contribution in [0.2, 0.25) is 0 Å². The molecule has 4 nitrogen and oxygen atoms in total. The first kappa shape index (κ1) is 11.1. The third kappa shape index (κ3) is 2.08. The van der Waals surface area contributed by atoms with E-state index in [2.05, 4.69) is 9.59 Å². The van der Waals surface area contributed by atoms with E-state index in [4.69, 9.17) is 0 Å². The fourth-order valence-electron chi connectivity index (χ4n) is 3.28. The summed E-state index contributed by atoms with van der Waals surface area (Å²) < 4.78 is 3.78. The van der Waals surface area contributed by atoms with E-state index in [9.17, 15) is 4.79 Å². The molecule has 2 aliphatic rings. The van der Waals surface area contributed by atoms with Crippen molar-refractivity contribution in [2.24, 2.45) is 5.92 Å². The molecule has 0 spiro atoms. The van der Waals surface area contributed by atoms with Crippen molar-refractivity contribution in [3.63, 3.8) is 0 Å². The average molecular weight is 251 g/mol. The Kier molecular flexibility index (Phi) is 3.09. The van der Waals surface area contributed by atoms with Gasteiger partial charge in [-0.2, -0.15) is 0 Å². The van der Waals surface area contributed by atoms with Crippen molar-refractivity contribution in [3.8, 4) is 0 Å². The molecule has 1 saturated heterocycles. The van der Waals surface area contributed by atoms with Gasteiger partial charge < -0.3 is 4.90 Å². The first-order valence-corrected chi connectivity index (χ1v) is 7.28. The molecule has 2 heterocycles. The minimum absolute atomic E-state index is 0.0909. The van der Waals surface area contributed by atoms with Gasteiger partial charge in [0.05, 0.1) is 0 Å². The summed E-state index contributed by atoms with van der Waals surface area (Å²) in [5, 5.41) is 5.66. The molecule has 1 aliphatic carbocycles. The van der Waals surface area contributed by atoms with Crippen molar-refractivity contribution in [1.82, 2.24) is 14.5 Å². The van der Waals surface area contributed by atoms with Crippen LogP contribution >= 0.6 is 11.5 Å². The Labute approximate surface area is 105 Å². The SMILES string of the molecule is O=C(c1csnn1)N1CCCC1C1CCCC1. The summed E-state index contributed by atoms with van der Waals surface area (Å²) in [6.45, 7) is 0.900. The third-order valence-electron chi connectivity index (χ3n) is 4.08. The van der Waals surface area contributed by atoms with Crippen molar-refractivity contribution in [3.05, 3.63) is 11.1 Å². The minimum Gasteiger partial charge on any atom is -0.334 e. The topological polar surface area (TPSA) is 46.1 Å². The van der Waals surface area contributed by atoms with Crippen LogP contribution in [0.5, 0.6) is 0 Å². The molecule has 2 fully saturated rings. The standard InChI is InChI=1S/C12H17N3OS/c16-12(10-8-17-14-13-10)15-7-3-6-11(15)9-4-1-2-5-9/h8-9,11H,1-7H2. The molecule has 3 rings (SSSR count). The molecule has 92 valence electrons. The maximum Gasteiger partial charge on any atom is 0.275 e. The van der Waals surface area contributed by atoms with Crippen molar-refractivity contribution in [2.75, 3.05) is 6.54 Å². The Hall–Kier alpha value is -0.970. The van der Waals surface area contributed by atoms with Crippen LogP contribution in [0.1, 0.15) is 49.0 Å². The molecule has 0 aromatic carbocycles.